The largest absolute Gasteiger partial charge is 0.497 e. The van der Waals surface area contributed by atoms with E-state index in [1.807, 2.05) is 18.2 Å². The average molecular weight is 501 g/mol. The maximum atomic E-state index is 12.8. The van der Waals surface area contributed by atoms with Crippen LogP contribution in [0.3, 0.4) is 0 Å². The van der Waals surface area contributed by atoms with Crippen LogP contribution >= 0.6 is 0 Å². The van der Waals surface area contributed by atoms with Crippen molar-refractivity contribution in [3.05, 3.63) is 76.9 Å². The third-order valence-electron chi connectivity index (χ3n) is 6.43. The van der Waals surface area contributed by atoms with Crippen LogP contribution in [0.25, 0.3) is 0 Å². The molecule has 0 aliphatic carbocycles. The van der Waals surface area contributed by atoms with E-state index in [9.17, 15) is 20.0 Å². The van der Waals surface area contributed by atoms with Crippen LogP contribution in [0, 0.1) is 11.3 Å². The second-order valence-corrected chi connectivity index (χ2v) is 8.81. The molecule has 1 amide bonds. The highest BCUT2D eigenvalue weighted by molar-refractivity contribution is 5.94. The number of carbonyl (C=O) groups excluding carboxylic acids is 1. The molecule has 3 aromatic rings. The molecule has 0 aromatic heterocycles. The fourth-order valence-corrected chi connectivity index (χ4v) is 4.49. The Bertz CT molecular complexity index is 1390. The predicted molar refractivity (Wildman–Crippen MR) is 132 cm³/mol. The lowest BCUT2D eigenvalue weighted by Crippen LogP contribution is -2.42. The highest BCUT2D eigenvalue weighted by Gasteiger charge is 2.29. The third-order valence-corrected chi connectivity index (χ3v) is 6.43. The van der Waals surface area contributed by atoms with Crippen molar-refractivity contribution in [3.63, 3.8) is 0 Å². The molecule has 5 rings (SSSR count). The number of nitriles is 1. The van der Waals surface area contributed by atoms with Gasteiger partial charge in [-0.1, -0.05) is 6.07 Å². The zero-order valence-corrected chi connectivity index (χ0v) is 20.0. The molecule has 188 valence electrons. The van der Waals surface area contributed by atoms with Gasteiger partial charge >= 0.3 is 5.97 Å². The van der Waals surface area contributed by atoms with Crippen molar-refractivity contribution in [2.75, 3.05) is 20.3 Å². The molecule has 3 aromatic carbocycles. The zero-order valence-electron chi connectivity index (χ0n) is 20.0. The van der Waals surface area contributed by atoms with Gasteiger partial charge in [0.1, 0.15) is 41.4 Å². The Morgan fingerprint density at radius 1 is 1.05 bits per heavy atom. The number of benzene rings is 3. The van der Waals surface area contributed by atoms with E-state index in [1.54, 1.807) is 37.4 Å². The summed E-state index contributed by atoms with van der Waals surface area (Å²) in [4.78, 5) is 24.4. The molecule has 9 nitrogen and oxygen atoms in total. The normalized spacial score (nSPS) is 17.6. The Labute approximate surface area is 213 Å². The lowest BCUT2D eigenvalue weighted by atomic mass is 9.91. The van der Waals surface area contributed by atoms with Gasteiger partial charge in [0, 0.05) is 23.3 Å². The monoisotopic (exact) mass is 500 g/mol. The number of hydrogen-bond acceptors (Lipinski definition) is 7. The van der Waals surface area contributed by atoms with E-state index >= 15 is 0 Å². The van der Waals surface area contributed by atoms with E-state index in [2.05, 4.69) is 11.4 Å². The van der Waals surface area contributed by atoms with Crippen LogP contribution in [0.4, 0.5) is 0 Å². The van der Waals surface area contributed by atoms with Gasteiger partial charge in [-0.05, 0) is 54.8 Å². The Morgan fingerprint density at radius 2 is 1.84 bits per heavy atom. The molecule has 2 atom stereocenters. The topological polar surface area (TPSA) is 127 Å². The Morgan fingerprint density at radius 3 is 2.57 bits per heavy atom. The number of carboxylic acid groups (broad SMARTS) is 1. The van der Waals surface area contributed by atoms with Gasteiger partial charge < -0.3 is 29.4 Å². The highest BCUT2D eigenvalue weighted by Crippen LogP contribution is 2.39. The fourth-order valence-electron chi connectivity index (χ4n) is 4.49. The molecule has 0 saturated carbocycles. The molecule has 2 aliphatic heterocycles. The summed E-state index contributed by atoms with van der Waals surface area (Å²) in [7, 11) is 1.60. The van der Waals surface area contributed by atoms with Gasteiger partial charge in [-0.25, -0.2) is 0 Å². The van der Waals surface area contributed by atoms with Gasteiger partial charge in [-0.15, -0.1) is 0 Å². The first-order chi connectivity index (χ1) is 17.9. The maximum absolute atomic E-state index is 12.8. The lowest BCUT2D eigenvalue weighted by Gasteiger charge is -2.26. The number of aliphatic carboxylic acids is 1. The number of amides is 1. The van der Waals surface area contributed by atoms with E-state index in [0.29, 0.717) is 42.1 Å². The number of carboxylic acids is 1. The predicted octanol–water partition coefficient (Wildman–Crippen LogP) is 4.04. The molecule has 2 unspecified atom stereocenters. The van der Waals surface area contributed by atoms with E-state index in [4.69, 9.17) is 18.9 Å². The summed E-state index contributed by atoms with van der Waals surface area (Å²) in [5, 5.41) is 22.1. The van der Waals surface area contributed by atoms with Crippen molar-refractivity contribution in [1.82, 2.24) is 5.32 Å². The van der Waals surface area contributed by atoms with Crippen LogP contribution in [0.1, 0.15) is 39.4 Å². The first-order valence-corrected chi connectivity index (χ1v) is 11.8. The number of methoxy groups -OCH3 is 1. The number of ether oxygens (including phenoxy) is 4. The van der Waals surface area contributed by atoms with Crippen molar-refractivity contribution in [1.29, 1.82) is 5.26 Å². The SMILES string of the molecule is COc1ccc2c(c1)OCC(NC(=O)c1ccc(Oc3cc4c(cc3C#N)C(C(=O)O)CCO4)cc1)C2. The van der Waals surface area contributed by atoms with Crippen molar-refractivity contribution < 1.29 is 33.6 Å². The third kappa shape index (κ3) is 5.00. The summed E-state index contributed by atoms with van der Waals surface area (Å²) in [5.41, 5.74) is 2.11. The summed E-state index contributed by atoms with van der Waals surface area (Å²) in [6, 6.07) is 17.1. The molecule has 9 heteroatoms. The number of rotatable bonds is 6. The molecule has 0 spiro atoms. The minimum Gasteiger partial charge on any atom is -0.497 e. The number of carbonyl (C=O) groups is 2. The van der Waals surface area contributed by atoms with Crippen molar-refractivity contribution in [3.8, 4) is 34.8 Å². The molecular formula is C28H24N2O7. The molecule has 37 heavy (non-hydrogen) atoms. The molecular weight excluding hydrogens is 476 g/mol. The van der Waals surface area contributed by atoms with Crippen molar-refractivity contribution in [2.45, 2.75) is 24.8 Å². The number of nitrogens with one attached hydrogen (secondary N) is 1. The smallest absolute Gasteiger partial charge is 0.311 e. The Kier molecular flexibility index (Phi) is 6.56. The first-order valence-electron chi connectivity index (χ1n) is 11.8. The number of nitrogens with zero attached hydrogens (tertiary/aromatic N) is 1. The summed E-state index contributed by atoms with van der Waals surface area (Å²) >= 11 is 0. The van der Waals surface area contributed by atoms with Gasteiger partial charge in [0.15, 0.2) is 0 Å². The summed E-state index contributed by atoms with van der Waals surface area (Å²) in [5.74, 6) is 0.609. The second-order valence-electron chi connectivity index (χ2n) is 8.81. The minimum atomic E-state index is -0.958. The first kappa shape index (κ1) is 24.0. The molecule has 2 heterocycles. The van der Waals surface area contributed by atoms with Gasteiger partial charge in [-0.2, -0.15) is 5.26 Å². The van der Waals surface area contributed by atoms with Crippen LogP contribution in [-0.4, -0.2) is 43.3 Å². The van der Waals surface area contributed by atoms with Crippen LogP contribution in [0.2, 0.25) is 0 Å². The van der Waals surface area contributed by atoms with E-state index in [0.717, 1.165) is 17.1 Å². The van der Waals surface area contributed by atoms with Gasteiger partial charge in [-0.3, -0.25) is 9.59 Å². The number of fused-ring (bicyclic) bond motifs is 2. The summed E-state index contributed by atoms with van der Waals surface area (Å²) in [6.45, 7) is 0.623. The second kappa shape index (κ2) is 10.1. The molecule has 0 bridgehead atoms. The maximum Gasteiger partial charge on any atom is 0.311 e. The van der Waals surface area contributed by atoms with E-state index in [-0.39, 0.29) is 29.9 Å². The van der Waals surface area contributed by atoms with Crippen molar-refractivity contribution in [2.24, 2.45) is 0 Å². The van der Waals surface area contributed by atoms with Gasteiger partial charge in [0.2, 0.25) is 0 Å². The molecule has 0 fully saturated rings. The summed E-state index contributed by atoms with van der Waals surface area (Å²) in [6.07, 6.45) is 0.984. The van der Waals surface area contributed by atoms with Gasteiger partial charge in [0.25, 0.3) is 5.91 Å². The van der Waals surface area contributed by atoms with Gasteiger partial charge in [0.05, 0.1) is 31.2 Å². The number of hydrogen-bond donors (Lipinski definition) is 2. The van der Waals surface area contributed by atoms with Crippen molar-refractivity contribution >= 4 is 11.9 Å². The van der Waals surface area contributed by atoms with Crippen LogP contribution in [0.15, 0.2) is 54.6 Å². The van der Waals surface area contributed by atoms with Crippen LogP contribution in [0.5, 0.6) is 28.7 Å². The molecule has 0 saturated heterocycles. The summed E-state index contributed by atoms with van der Waals surface area (Å²) < 4.78 is 22.5. The highest BCUT2D eigenvalue weighted by atomic mass is 16.5. The van der Waals surface area contributed by atoms with Crippen LogP contribution < -0.4 is 24.3 Å². The Balaban J connectivity index is 1.26. The molecule has 2 aliphatic rings. The van der Waals surface area contributed by atoms with E-state index < -0.39 is 11.9 Å². The lowest BCUT2D eigenvalue weighted by molar-refractivity contribution is -0.139. The minimum absolute atomic E-state index is 0.173. The van der Waals surface area contributed by atoms with Crippen LogP contribution in [-0.2, 0) is 11.2 Å². The fraction of sp³-hybridized carbons (Fsp3) is 0.250. The molecule has 0 radical (unpaired) electrons. The Hall–Kier alpha value is -4.71. The quantitative estimate of drug-likeness (QED) is 0.519. The van der Waals surface area contributed by atoms with E-state index in [1.165, 1.54) is 6.07 Å². The standard InChI is InChI=1S/C28H24N2O7/c1-34-21-7-4-17-10-19(15-36-24(17)12-21)30-27(31)16-2-5-20(6-3-16)37-25-13-26-23(11-18(25)14-29)22(28(32)33)8-9-35-26/h2-7,11-13,19,22H,8-10,15H2,1H3,(H,30,31)(H,32,33). The molecule has 2 N–H and O–H groups in total. The average Bonchev–Trinajstić information content (AvgIpc) is 2.92. The zero-order chi connectivity index (χ0) is 25.9.